The summed E-state index contributed by atoms with van der Waals surface area (Å²) in [6, 6.07) is 0.915. The normalized spacial score (nSPS) is 28.2. The maximum atomic E-state index is 13.3. The molecule has 0 bridgehead atoms. The van der Waals surface area contributed by atoms with Crippen LogP contribution >= 0.6 is 0 Å². The molecule has 0 spiro atoms. The first kappa shape index (κ1) is 17.6. The highest BCUT2D eigenvalue weighted by Crippen LogP contribution is 2.36. The van der Waals surface area contributed by atoms with Gasteiger partial charge >= 0.3 is 0 Å². The van der Waals surface area contributed by atoms with Crippen LogP contribution in [0.3, 0.4) is 0 Å². The van der Waals surface area contributed by atoms with E-state index in [1.165, 1.54) is 27.4 Å². The van der Waals surface area contributed by atoms with E-state index in [9.17, 15) is 18.3 Å². The van der Waals surface area contributed by atoms with Gasteiger partial charge < -0.3 is 10.4 Å². The summed E-state index contributed by atoms with van der Waals surface area (Å²) in [4.78, 5) is 22.2. The molecular weight excluding hydrogens is 406 g/mol. The quantitative estimate of drug-likeness (QED) is 0.738. The van der Waals surface area contributed by atoms with Crippen molar-refractivity contribution < 1.29 is 17.6 Å². The van der Waals surface area contributed by atoms with Crippen LogP contribution in [0.1, 0.15) is 48.3 Å². The number of piperidine rings is 1. The number of rotatable bonds is 4. The highest BCUT2D eigenvalue weighted by Gasteiger charge is 2.34. The number of aliphatic hydroxyl groups excluding tert-OH is 1. The molecule has 30 heavy (non-hydrogen) atoms. The Morgan fingerprint density at radius 2 is 2.00 bits per heavy atom. The largest absolute Gasteiger partial charge is 0.393 e. The van der Waals surface area contributed by atoms with Gasteiger partial charge in [0.15, 0.2) is 0 Å². The fraction of sp³-hybridized carbons (Fsp3) is 0.650. The highest BCUT2D eigenvalue weighted by molar-refractivity contribution is 7.88. The second kappa shape index (κ2) is 7.90. The van der Waals surface area contributed by atoms with Gasteiger partial charge in [-0.05, 0) is 38.6 Å². The molecule has 3 heterocycles. The first-order valence-corrected chi connectivity index (χ1v) is 12.0. The van der Waals surface area contributed by atoms with Crippen LogP contribution < -0.4 is 10.9 Å². The third kappa shape index (κ3) is 3.95. The summed E-state index contributed by atoms with van der Waals surface area (Å²) < 4.78 is 49.7. The summed E-state index contributed by atoms with van der Waals surface area (Å²) in [5.41, 5.74) is -0.592. The zero-order valence-corrected chi connectivity index (χ0v) is 17.9. The number of aromatic nitrogens is 3. The molecule has 0 amide bonds. The van der Waals surface area contributed by atoms with Crippen molar-refractivity contribution in [3.05, 3.63) is 28.2 Å². The number of nitrogens with zero attached hydrogens (tertiary/aromatic N) is 4. The van der Waals surface area contributed by atoms with Crippen LogP contribution in [-0.4, -0.2) is 63.9 Å². The summed E-state index contributed by atoms with van der Waals surface area (Å²) in [6.45, 7) is 0.0545. The highest BCUT2D eigenvalue weighted by atomic mass is 32.2. The molecule has 2 aromatic heterocycles. The maximum Gasteiger partial charge on any atom is 0.255 e. The molecular formula is C20H29N5O4S. The Hall–Kier alpha value is -2.04. The lowest BCUT2D eigenvalue weighted by Gasteiger charge is -2.30. The van der Waals surface area contributed by atoms with Crippen LogP contribution in [0, 0.1) is 12.8 Å². The third-order valence-corrected chi connectivity index (χ3v) is 7.64. The van der Waals surface area contributed by atoms with Gasteiger partial charge in [0.2, 0.25) is 16.0 Å². The first-order chi connectivity index (χ1) is 15.4. The molecule has 10 heteroatoms. The molecule has 1 aliphatic heterocycles. The number of fused-ring (bicyclic) bond motifs is 1. The Morgan fingerprint density at radius 1 is 1.27 bits per heavy atom. The molecule has 0 radical (unpaired) electrons. The fourth-order valence-electron chi connectivity index (χ4n) is 4.50. The van der Waals surface area contributed by atoms with Crippen molar-refractivity contribution in [2.45, 2.75) is 57.6 Å². The molecule has 2 fully saturated rings. The first-order valence-electron chi connectivity index (χ1n) is 11.7. The fourth-order valence-corrected chi connectivity index (χ4v) is 5.37. The number of pyridine rings is 1. The average molecular weight is 439 g/mol. The van der Waals surface area contributed by atoms with Gasteiger partial charge in [-0.25, -0.2) is 17.7 Å². The van der Waals surface area contributed by atoms with Crippen molar-refractivity contribution in [2.24, 2.45) is 5.92 Å². The van der Waals surface area contributed by atoms with Gasteiger partial charge in [-0.2, -0.15) is 4.98 Å². The van der Waals surface area contributed by atoms with Gasteiger partial charge in [0.25, 0.3) is 5.56 Å². The van der Waals surface area contributed by atoms with Crippen LogP contribution in [0.5, 0.6) is 0 Å². The van der Waals surface area contributed by atoms with E-state index < -0.39 is 28.5 Å². The summed E-state index contributed by atoms with van der Waals surface area (Å²) in [5.74, 6) is 0.0609. The maximum absolute atomic E-state index is 13.3. The Labute approximate surface area is 180 Å². The van der Waals surface area contributed by atoms with E-state index in [1.807, 2.05) is 6.92 Å². The van der Waals surface area contributed by atoms with Crippen molar-refractivity contribution in [1.29, 1.82) is 0 Å². The van der Waals surface area contributed by atoms with Crippen molar-refractivity contribution in [1.82, 2.24) is 18.8 Å². The van der Waals surface area contributed by atoms with Crippen molar-refractivity contribution >= 4 is 27.0 Å². The monoisotopic (exact) mass is 438 g/mol. The minimum atomic E-state index is -3.23. The summed E-state index contributed by atoms with van der Waals surface area (Å²) in [6.07, 6.45) is 4.35. The predicted octanol–water partition coefficient (Wildman–Crippen LogP) is 1.27. The second-order valence-corrected chi connectivity index (χ2v) is 10.3. The van der Waals surface area contributed by atoms with E-state index >= 15 is 0 Å². The molecule has 3 atom stereocenters. The van der Waals surface area contributed by atoms with Gasteiger partial charge in [-0.15, -0.1) is 0 Å². The van der Waals surface area contributed by atoms with Gasteiger partial charge in [0.1, 0.15) is 5.65 Å². The van der Waals surface area contributed by atoms with Gasteiger partial charge in [-0.3, -0.25) is 9.36 Å². The lowest BCUT2D eigenvalue weighted by Crippen LogP contribution is -2.42. The Morgan fingerprint density at radius 3 is 2.60 bits per heavy atom. The molecule has 2 aliphatic rings. The van der Waals surface area contributed by atoms with Gasteiger partial charge in [-0.1, -0.05) is 6.92 Å². The number of nitrogens with one attached hydrogen (secondary N) is 1. The van der Waals surface area contributed by atoms with Crippen LogP contribution in [-0.2, 0) is 10.0 Å². The predicted molar refractivity (Wildman–Crippen MR) is 115 cm³/mol. The van der Waals surface area contributed by atoms with Crippen LogP contribution in [0.15, 0.2) is 17.1 Å². The molecule has 0 unspecified atom stereocenters. The van der Waals surface area contributed by atoms with Crippen LogP contribution in [0.4, 0.5) is 5.95 Å². The molecule has 2 N–H and O–H groups in total. The molecule has 2 aromatic rings. The van der Waals surface area contributed by atoms with E-state index in [1.54, 1.807) is 0 Å². The smallest absolute Gasteiger partial charge is 0.255 e. The zero-order chi connectivity index (χ0) is 24.1. The lowest BCUT2D eigenvalue weighted by molar-refractivity contribution is 0.129. The third-order valence-electron chi connectivity index (χ3n) is 6.33. The molecule has 0 aromatic carbocycles. The van der Waals surface area contributed by atoms with Crippen molar-refractivity contribution in [3.63, 3.8) is 0 Å². The number of hydrogen-bond donors (Lipinski definition) is 2. The topological polar surface area (TPSA) is 117 Å². The Balaban J connectivity index is 1.71. The minimum absolute atomic E-state index is 0.0329. The standard InChI is InChI=1S/C20H29N5O4S/c1-12-10-14-11-21-20(22-15-6-8-24(9-7-15)30(3,28)29)23-18(14)25(19(12)27)16-4-5-17(26)13(16)2/h10-11,13,15-17,26H,4-9H2,1-3H3,(H,21,22,23)/t13-,16-,17-/m0/s1/i1D3. The molecule has 164 valence electrons. The van der Waals surface area contributed by atoms with E-state index in [0.29, 0.717) is 55.8 Å². The molecule has 1 aliphatic carbocycles. The average Bonchev–Trinajstić information content (AvgIpc) is 3.05. The van der Waals surface area contributed by atoms with Crippen LogP contribution in [0.2, 0.25) is 0 Å². The molecule has 9 nitrogen and oxygen atoms in total. The van der Waals surface area contributed by atoms with E-state index in [4.69, 9.17) is 4.11 Å². The van der Waals surface area contributed by atoms with Gasteiger partial charge in [0, 0.05) is 52.3 Å². The number of aliphatic hydroxyl groups is 1. The Bertz CT molecular complexity index is 1210. The van der Waals surface area contributed by atoms with Crippen molar-refractivity contribution in [2.75, 3.05) is 24.7 Å². The lowest BCUT2D eigenvalue weighted by atomic mass is 10.0. The van der Waals surface area contributed by atoms with Crippen LogP contribution in [0.25, 0.3) is 11.0 Å². The number of sulfonamides is 1. The Kier molecular flexibility index (Phi) is 4.64. The van der Waals surface area contributed by atoms with E-state index in [-0.39, 0.29) is 23.6 Å². The number of anilines is 1. The van der Waals surface area contributed by atoms with Crippen molar-refractivity contribution in [3.8, 4) is 0 Å². The number of aryl methyl sites for hydroxylation is 1. The number of hydrogen-bond acceptors (Lipinski definition) is 7. The summed E-state index contributed by atoms with van der Waals surface area (Å²) in [5, 5.41) is 13.9. The SMILES string of the molecule is [2H]C([2H])([2H])c1cc2cnc(NC3CCN(S(C)(=O)=O)CC3)nc2n([C@H]2CC[C@H](O)[C@H]2C)c1=O. The second-order valence-electron chi connectivity index (χ2n) is 8.36. The molecule has 1 saturated heterocycles. The summed E-state index contributed by atoms with van der Waals surface area (Å²) >= 11 is 0. The van der Waals surface area contributed by atoms with E-state index in [0.717, 1.165) is 0 Å². The minimum Gasteiger partial charge on any atom is -0.393 e. The zero-order valence-electron chi connectivity index (χ0n) is 20.1. The summed E-state index contributed by atoms with van der Waals surface area (Å²) in [7, 11) is -3.23. The molecule has 4 rings (SSSR count). The molecule has 1 saturated carbocycles. The van der Waals surface area contributed by atoms with Gasteiger partial charge in [0.05, 0.1) is 12.4 Å². The van der Waals surface area contributed by atoms with E-state index in [2.05, 4.69) is 15.3 Å².